The Kier molecular flexibility index (Phi) is 4.90. The van der Waals surface area contributed by atoms with Crippen LogP contribution in [0.2, 0.25) is 18.1 Å². The van der Waals surface area contributed by atoms with Crippen molar-refractivity contribution in [3.8, 4) is 0 Å². The van der Waals surface area contributed by atoms with E-state index in [0.717, 1.165) is 12.8 Å². The van der Waals surface area contributed by atoms with Crippen LogP contribution in [0.25, 0.3) is 0 Å². The number of hydrogen-bond donors (Lipinski definition) is 0. The standard InChI is InChI=1S/C25H40O2Si/c1-8-28(9-2,10-3)27-19-13-18-11-16(4)15-25(18)17(5)12-21-22(24(21,6)7)20(14-19)23(25)26/h11,13,17,19-22H,8-10,12,14-15H2,1-7H3/t17-,19-,20-,21-,22+,25-/m1/s1. The molecule has 0 N–H and O–H groups in total. The zero-order valence-corrected chi connectivity index (χ0v) is 20.1. The minimum atomic E-state index is -1.71. The molecular formula is C25H40O2Si. The van der Waals surface area contributed by atoms with Crippen LogP contribution in [0.4, 0.5) is 0 Å². The third kappa shape index (κ3) is 2.71. The molecule has 2 fully saturated rings. The molecule has 4 aliphatic carbocycles. The molecule has 0 aromatic rings. The van der Waals surface area contributed by atoms with Crippen LogP contribution in [0.1, 0.15) is 67.7 Å². The number of Topliss-reactive ketones (excluding diaryl/α,β-unsaturated/α-hetero) is 1. The number of carbonyl (C=O) groups is 1. The van der Waals surface area contributed by atoms with E-state index < -0.39 is 8.32 Å². The van der Waals surface area contributed by atoms with Gasteiger partial charge in [-0.1, -0.05) is 59.3 Å². The molecule has 2 nitrogen and oxygen atoms in total. The Hall–Kier alpha value is -0.673. The first-order valence-electron chi connectivity index (χ1n) is 11.8. The average molecular weight is 401 g/mol. The predicted molar refractivity (Wildman–Crippen MR) is 119 cm³/mol. The largest absolute Gasteiger partial charge is 0.411 e. The number of fused-ring (bicyclic) bond motifs is 3. The zero-order chi connectivity index (χ0) is 20.5. The molecule has 4 rings (SSSR count). The summed E-state index contributed by atoms with van der Waals surface area (Å²) in [6, 6.07) is 3.52. The van der Waals surface area contributed by atoms with Gasteiger partial charge in [0.05, 0.1) is 11.5 Å². The highest BCUT2D eigenvalue weighted by Crippen LogP contribution is 2.71. The van der Waals surface area contributed by atoms with Gasteiger partial charge in [0.25, 0.3) is 0 Å². The summed E-state index contributed by atoms with van der Waals surface area (Å²) in [5.74, 6) is 2.44. The SMILES string of the molecule is CC[Si](CC)(CC)O[C@@H]1C=C2C=C(C)C[C@]23C(=O)[C@H](C1)[C@H]1[C@@H](C[C@H]3C)C1(C)C. The van der Waals surface area contributed by atoms with Gasteiger partial charge in [-0.2, -0.15) is 0 Å². The third-order valence-corrected chi connectivity index (χ3v) is 14.1. The first kappa shape index (κ1) is 20.6. The van der Waals surface area contributed by atoms with Crippen LogP contribution in [-0.4, -0.2) is 20.2 Å². The van der Waals surface area contributed by atoms with E-state index in [1.54, 1.807) is 0 Å². The monoisotopic (exact) mass is 400 g/mol. The summed E-state index contributed by atoms with van der Waals surface area (Å²) in [5, 5.41) is 0. The number of rotatable bonds is 5. The fourth-order valence-corrected chi connectivity index (χ4v) is 10.2. The van der Waals surface area contributed by atoms with Crippen LogP contribution in [0.15, 0.2) is 23.3 Å². The number of allylic oxidation sites excluding steroid dienone is 3. The lowest BCUT2D eigenvalue weighted by molar-refractivity contribution is -0.133. The molecule has 0 aliphatic heterocycles. The van der Waals surface area contributed by atoms with Crippen molar-refractivity contribution in [2.75, 3.05) is 0 Å². The first-order chi connectivity index (χ1) is 13.1. The maximum absolute atomic E-state index is 14.1. The van der Waals surface area contributed by atoms with Gasteiger partial charge in [0.2, 0.25) is 0 Å². The predicted octanol–water partition coefficient (Wildman–Crippen LogP) is 6.54. The molecule has 156 valence electrons. The van der Waals surface area contributed by atoms with Gasteiger partial charge >= 0.3 is 0 Å². The summed E-state index contributed by atoms with van der Waals surface area (Å²) in [6.45, 7) is 16.3. The van der Waals surface area contributed by atoms with E-state index in [1.165, 1.54) is 35.7 Å². The average Bonchev–Trinajstić information content (AvgIpc) is 3.07. The van der Waals surface area contributed by atoms with E-state index in [9.17, 15) is 4.79 Å². The van der Waals surface area contributed by atoms with E-state index in [1.807, 2.05) is 0 Å². The van der Waals surface area contributed by atoms with Crippen molar-refractivity contribution in [1.29, 1.82) is 0 Å². The van der Waals surface area contributed by atoms with Gasteiger partial charge in [0, 0.05) is 5.92 Å². The molecule has 3 heteroatoms. The molecule has 0 unspecified atom stereocenters. The van der Waals surface area contributed by atoms with Gasteiger partial charge in [0.1, 0.15) is 5.78 Å². The van der Waals surface area contributed by atoms with Crippen LogP contribution in [0.5, 0.6) is 0 Å². The summed E-state index contributed by atoms with van der Waals surface area (Å²) in [4.78, 5) is 14.1. The third-order valence-electron chi connectivity index (χ3n) is 9.46. The van der Waals surface area contributed by atoms with Gasteiger partial charge in [-0.05, 0) is 73.1 Å². The second-order valence-electron chi connectivity index (χ2n) is 11.0. The van der Waals surface area contributed by atoms with Crippen LogP contribution >= 0.6 is 0 Å². The Labute approximate surface area is 173 Å². The number of carbonyl (C=O) groups excluding carboxylic acids is 1. The van der Waals surface area contributed by atoms with Gasteiger partial charge in [0.15, 0.2) is 8.32 Å². The quantitative estimate of drug-likeness (QED) is 0.490. The summed E-state index contributed by atoms with van der Waals surface area (Å²) in [5.41, 5.74) is 2.75. The van der Waals surface area contributed by atoms with Crippen LogP contribution in [0, 0.1) is 34.5 Å². The zero-order valence-electron chi connectivity index (χ0n) is 19.1. The molecule has 2 saturated carbocycles. The van der Waals surface area contributed by atoms with Crippen molar-refractivity contribution in [3.63, 3.8) is 0 Å². The van der Waals surface area contributed by atoms with Gasteiger partial charge in [-0.3, -0.25) is 4.79 Å². The van der Waals surface area contributed by atoms with Crippen molar-refractivity contribution in [1.82, 2.24) is 0 Å². The molecule has 2 bridgehead atoms. The molecule has 0 aromatic heterocycles. The smallest absolute Gasteiger partial charge is 0.192 e. The molecule has 6 atom stereocenters. The topological polar surface area (TPSA) is 26.3 Å². The molecule has 0 aromatic carbocycles. The fourth-order valence-electron chi connectivity index (χ4n) is 7.40. The number of hydrogen-bond acceptors (Lipinski definition) is 2. The van der Waals surface area contributed by atoms with Gasteiger partial charge in [-0.25, -0.2) is 0 Å². The van der Waals surface area contributed by atoms with Crippen molar-refractivity contribution < 1.29 is 9.22 Å². The maximum atomic E-state index is 14.1. The van der Waals surface area contributed by atoms with Crippen LogP contribution < -0.4 is 0 Å². The van der Waals surface area contributed by atoms with E-state index in [-0.39, 0.29) is 17.4 Å². The molecule has 0 amide bonds. The summed E-state index contributed by atoms with van der Waals surface area (Å²) in [6.07, 6.45) is 7.94. The van der Waals surface area contributed by atoms with Crippen molar-refractivity contribution in [3.05, 3.63) is 23.3 Å². The van der Waals surface area contributed by atoms with Crippen LogP contribution in [-0.2, 0) is 9.22 Å². The van der Waals surface area contributed by atoms with E-state index in [0.29, 0.717) is 29.0 Å². The van der Waals surface area contributed by atoms with Gasteiger partial charge in [-0.15, -0.1) is 0 Å². The highest BCUT2D eigenvalue weighted by atomic mass is 28.4. The molecule has 0 radical (unpaired) electrons. The fraction of sp³-hybridized carbons (Fsp3) is 0.800. The van der Waals surface area contributed by atoms with Crippen molar-refractivity contribution in [2.24, 2.45) is 34.5 Å². The summed E-state index contributed by atoms with van der Waals surface area (Å²) < 4.78 is 7.00. The highest BCUT2D eigenvalue weighted by Gasteiger charge is 2.68. The lowest BCUT2D eigenvalue weighted by Gasteiger charge is -2.37. The Morgan fingerprint density at radius 2 is 1.79 bits per heavy atom. The van der Waals surface area contributed by atoms with E-state index >= 15 is 0 Å². The molecule has 0 heterocycles. The minimum Gasteiger partial charge on any atom is -0.411 e. The Bertz CT molecular complexity index is 721. The molecule has 28 heavy (non-hydrogen) atoms. The van der Waals surface area contributed by atoms with Crippen molar-refractivity contribution in [2.45, 2.75) is 92.0 Å². The normalized spacial score (nSPS) is 41.4. The Morgan fingerprint density at radius 1 is 1.14 bits per heavy atom. The lowest BCUT2D eigenvalue weighted by atomic mass is 9.64. The van der Waals surface area contributed by atoms with Gasteiger partial charge < -0.3 is 4.43 Å². The Morgan fingerprint density at radius 3 is 2.39 bits per heavy atom. The Balaban J connectivity index is 1.78. The van der Waals surface area contributed by atoms with Crippen molar-refractivity contribution >= 4 is 14.1 Å². The lowest BCUT2D eigenvalue weighted by Crippen LogP contribution is -2.41. The van der Waals surface area contributed by atoms with E-state index in [4.69, 9.17) is 4.43 Å². The molecule has 0 saturated heterocycles. The minimum absolute atomic E-state index is 0.127. The molecular weight excluding hydrogens is 360 g/mol. The molecule has 4 aliphatic rings. The second-order valence-corrected chi connectivity index (χ2v) is 15.7. The van der Waals surface area contributed by atoms with E-state index in [2.05, 4.69) is 60.6 Å². The highest BCUT2D eigenvalue weighted by molar-refractivity contribution is 6.73. The summed E-state index contributed by atoms with van der Waals surface area (Å²) >= 11 is 0. The summed E-state index contributed by atoms with van der Waals surface area (Å²) in [7, 11) is -1.71. The van der Waals surface area contributed by atoms with Crippen LogP contribution in [0.3, 0.4) is 0 Å². The second kappa shape index (κ2) is 6.67. The maximum Gasteiger partial charge on any atom is 0.192 e. The number of ketones is 1. The molecule has 1 spiro atoms. The first-order valence-corrected chi connectivity index (χ1v) is 14.3.